The van der Waals surface area contributed by atoms with Crippen molar-refractivity contribution in [2.45, 2.75) is 37.8 Å². The van der Waals surface area contributed by atoms with Gasteiger partial charge < -0.3 is 25.4 Å². The van der Waals surface area contributed by atoms with Gasteiger partial charge in [0.25, 0.3) is 0 Å². The van der Waals surface area contributed by atoms with E-state index in [0.717, 1.165) is 18.9 Å². The second kappa shape index (κ2) is 6.32. The summed E-state index contributed by atoms with van der Waals surface area (Å²) in [6.07, 6.45) is 2.46. The third-order valence-electron chi connectivity index (χ3n) is 4.97. The molecule has 1 aromatic heterocycles. The highest BCUT2D eigenvalue weighted by Gasteiger charge is 2.34. The van der Waals surface area contributed by atoms with E-state index >= 15 is 0 Å². The first-order valence-electron chi connectivity index (χ1n) is 8.71. The first kappa shape index (κ1) is 18.0. The number of amides is 1. The van der Waals surface area contributed by atoms with Crippen molar-refractivity contribution >= 4 is 40.1 Å². The highest BCUT2D eigenvalue weighted by Crippen LogP contribution is 2.42. The van der Waals surface area contributed by atoms with Crippen LogP contribution < -0.4 is 16.1 Å². The fourth-order valence-corrected chi connectivity index (χ4v) is 3.47. The number of carboxylic acid groups (broad SMARTS) is 2. The first-order valence-corrected chi connectivity index (χ1v) is 8.71. The Hall–Kier alpha value is -3.43. The molecule has 4 N–H and O–H groups in total. The molecule has 10 heteroatoms. The van der Waals surface area contributed by atoms with Crippen LogP contribution in [-0.2, 0) is 9.59 Å². The molecular weight excluding hydrogens is 373 g/mol. The summed E-state index contributed by atoms with van der Waals surface area (Å²) in [7, 11) is 0. The van der Waals surface area contributed by atoms with Crippen molar-refractivity contribution in [2.75, 3.05) is 10.6 Å². The molecule has 2 heterocycles. The molecule has 0 unspecified atom stereocenters. The lowest BCUT2D eigenvalue weighted by molar-refractivity contribution is -0.137. The minimum absolute atomic E-state index is 0.0362. The number of hydrogen-bond acceptors (Lipinski definition) is 5. The number of aromatic carboxylic acids is 1. The van der Waals surface area contributed by atoms with Crippen molar-refractivity contribution in [1.82, 2.24) is 4.57 Å². The second-order valence-corrected chi connectivity index (χ2v) is 6.94. The molecule has 0 radical (unpaired) electrons. The number of halogens is 1. The van der Waals surface area contributed by atoms with Crippen LogP contribution in [0.4, 0.5) is 15.8 Å². The van der Waals surface area contributed by atoms with Crippen LogP contribution in [0, 0.1) is 5.82 Å². The van der Waals surface area contributed by atoms with Crippen LogP contribution in [0.2, 0.25) is 0 Å². The number of aliphatic carboxylic acids is 1. The molecule has 9 nitrogen and oxygen atoms in total. The number of anilines is 2. The van der Waals surface area contributed by atoms with E-state index in [9.17, 15) is 28.7 Å². The van der Waals surface area contributed by atoms with Crippen molar-refractivity contribution in [3.63, 3.8) is 0 Å². The van der Waals surface area contributed by atoms with E-state index in [1.807, 2.05) is 0 Å². The Labute approximate surface area is 156 Å². The summed E-state index contributed by atoms with van der Waals surface area (Å²) in [5.74, 6) is -3.86. The zero-order valence-electron chi connectivity index (χ0n) is 14.5. The number of aromatic nitrogens is 1. The van der Waals surface area contributed by atoms with Crippen molar-refractivity contribution in [2.24, 2.45) is 0 Å². The van der Waals surface area contributed by atoms with Gasteiger partial charge in [0.05, 0.1) is 22.3 Å². The van der Waals surface area contributed by atoms with E-state index in [1.54, 1.807) is 4.57 Å². The molecule has 1 amide bonds. The molecule has 0 bridgehead atoms. The molecule has 1 atom stereocenters. The van der Waals surface area contributed by atoms with Crippen molar-refractivity contribution in [3.8, 4) is 0 Å². The summed E-state index contributed by atoms with van der Waals surface area (Å²) in [6, 6.07) is -0.0204. The van der Waals surface area contributed by atoms with Gasteiger partial charge in [0.1, 0.15) is 17.4 Å². The molecule has 2 aliphatic rings. The molecule has 0 spiro atoms. The lowest BCUT2D eigenvalue weighted by Gasteiger charge is -2.29. The first-order chi connectivity index (χ1) is 13.3. The molecule has 1 aliphatic heterocycles. The Bertz CT molecular complexity index is 1100. The lowest BCUT2D eigenvalue weighted by atomic mass is 10.0. The highest BCUT2D eigenvalue weighted by atomic mass is 19.1. The van der Waals surface area contributed by atoms with E-state index in [0.29, 0.717) is 0 Å². The predicted molar refractivity (Wildman–Crippen MR) is 96.3 cm³/mol. The topological polar surface area (TPSA) is 138 Å². The Morgan fingerprint density at radius 3 is 2.54 bits per heavy atom. The van der Waals surface area contributed by atoms with Crippen LogP contribution in [0.3, 0.4) is 0 Å². The highest BCUT2D eigenvalue weighted by molar-refractivity contribution is 6.12. The standard InChI is InChI=1S/C18H16FN3O6/c19-10-5-8-15(22(7-1-2-7)6-9(16(8)25)18(27)28)14-13(10)20-11(17(26)21-14)3-4-12(23)24/h5-7,11,20H,1-4H2,(H,21,26)(H,23,24)(H,27,28)/t11-/m0/s1. The van der Waals surface area contributed by atoms with Gasteiger partial charge in [-0.25, -0.2) is 9.18 Å². The van der Waals surface area contributed by atoms with Gasteiger partial charge in [-0.15, -0.1) is 0 Å². The summed E-state index contributed by atoms with van der Waals surface area (Å²) >= 11 is 0. The van der Waals surface area contributed by atoms with Gasteiger partial charge in [-0.3, -0.25) is 14.4 Å². The smallest absolute Gasteiger partial charge is 0.341 e. The molecule has 0 saturated heterocycles. The number of pyridine rings is 1. The van der Waals surface area contributed by atoms with Crippen molar-refractivity contribution in [1.29, 1.82) is 0 Å². The van der Waals surface area contributed by atoms with Gasteiger partial charge >= 0.3 is 11.9 Å². The largest absolute Gasteiger partial charge is 0.481 e. The summed E-state index contributed by atoms with van der Waals surface area (Å²) in [5, 5.41) is 23.3. The SMILES string of the molecule is O=C(O)CC[C@@H]1Nc2c(F)cc3c(=O)c(C(=O)O)cn(C4CC4)c3c2NC1=O. The van der Waals surface area contributed by atoms with E-state index in [-0.39, 0.29) is 41.2 Å². The van der Waals surface area contributed by atoms with Crippen molar-refractivity contribution in [3.05, 3.63) is 33.9 Å². The quantitative estimate of drug-likeness (QED) is 0.611. The van der Waals surface area contributed by atoms with Gasteiger partial charge in [-0.2, -0.15) is 0 Å². The number of carbonyl (C=O) groups excluding carboxylic acids is 1. The molecule has 146 valence electrons. The molecule has 1 aromatic carbocycles. The molecule has 2 aromatic rings. The second-order valence-electron chi connectivity index (χ2n) is 6.94. The molecule has 4 rings (SSSR count). The number of carboxylic acids is 2. The maximum absolute atomic E-state index is 14.7. The lowest BCUT2D eigenvalue weighted by Crippen LogP contribution is -2.40. The van der Waals surface area contributed by atoms with Crippen LogP contribution in [-0.4, -0.2) is 38.7 Å². The Kier molecular flexibility index (Phi) is 4.06. The third kappa shape index (κ3) is 2.86. The third-order valence-corrected chi connectivity index (χ3v) is 4.97. The van der Waals surface area contributed by atoms with Gasteiger partial charge in [0.2, 0.25) is 11.3 Å². The summed E-state index contributed by atoms with van der Waals surface area (Å²) in [6.45, 7) is 0. The molecule has 1 aliphatic carbocycles. The van der Waals surface area contributed by atoms with Gasteiger partial charge in [-0.05, 0) is 25.3 Å². The minimum atomic E-state index is -1.41. The van der Waals surface area contributed by atoms with Gasteiger partial charge in [0.15, 0.2) is 0 Å². The molecule has 28 heavy (non-hydrogen) atoms. The van der Waals surface area contributed by atoms with Crippen LogP contribution in [0.5, 0.6) is 0 Å². The number of fused-ring (bicyclic) bond motifs is 3. The summed E-state index contributed by atoms with van der Waals surface area (Å²) in [4.78, 5) is 47.2. The zero-order valence-corrected chi connectivity index (χ0v) is 14.5. The summed E-state index contributed by atoms with van der Waals surface area (Å²) in [5.41, 5.74) is -1.02. The van der Waals surface area contributed by atoms with E-state index in [1.165, 1.54) is 6.20 Å². The number of carbonyl (C=O) groups is 3. The molecule has 1 fully saturated rings. The number of benzene rings is 1. The molecular formula is C18H16FN3O6. The Morgan fingerprint density at radius 2 is 1.93 bits per heavy atom. The molecule has 1 saturated carbocycles. The van der Waals surface area contributed by atoms with Crippen LogP contribution in [0.1, 0.15) is 42.1 Å². The van der Waals surface area contributed by atoms with Crippen LogP contribution >= 0.6 is 0 Å². The fraction of sp³-hybridized carbons (Fsp3) is 0.333. The number of hydrogen-bond donors (Lipinski definition) is 4. The summed E-state index contributed by atoms with van der Waals surface area (Å²) < 4.78 is 16.3. The zero-order chi connectivity index (χ0) is 20.2. The number of nitrogens with zero attached hydrogens (tertiary/aromatic N) is 1. The van der Waals surface area contributed by atoms with Crippen molar-refractivity contribution < 1.29 is 29.0 Å². The average Bonchev–Trinajstić information content (AvgIpc) is 3.45. The average molecular weight is 389 g/mol. The van der Waals surface area contributed by atoms with Crippen LogP contribution in [0.15, 0.2) is 17.1 Å². The van der Waals surface area contributed by atoms with E-state index < -0.39 is 40.7 Å². The van der Waals surface area contributed by atoms with Crippen LogP contribution in [0.25, 0.3) is 10.9 Å². The Morgan fingerprint density at radius 1 is 1.21 bits per heavy atom. The minimum Gasteiger partial charge on any atom is -0.481 e. The van der Waals surface area contributed by atoms with Gasteiger partial charge in [0, 0.05) is 18.7 Å². The predicted octanol–water partition coefficient (Wildman–Crippen LogP) is 1.77. The maximum Gasteiger partial charge on any atom is 0.341 e. The van der Waals surface area contributed by atoms with Gasteiger partial charge in [-0.1, -0.05) is 0 Å². The normalized spacial score (nSPS) is 18.3. The monoisotopic (exact) mass is 389 g/mol. The van der Waals surface area contributed by atoms with E-state index in [4.69, 9.17) is 5.11 Å². The number of rotatable bonds is 5. The van der Waals surface area contributed by atoms with E-state index in [2.05, 4.69) is 10.6 Å². The maximum atomic E-state index is 14.7. The Balaban J connectivity index is 1.92. The number of nitrogens with one attached hydrogen (secondary N) is 2. The fourth-order valence-electron chi connectivity index (χ4n) is 3.47.